The van der Waals surface area contributed by atoms with Crippen LogP contribution in [-0.2, 0) is 10.2 Å². The summed E-state index contributed by atoms with van der Waals surface area (Å²) in [7, 11) is 0. The second-order valence-electron chi connectivity index (χ2n) is 8.35. The topological polar surface area (TPSA) is 50.3 Å². The second kappa shape index (κ2) is 8.21. The van der Waals surface area contributed by atoms with Gasteiger partial charge in [-0.15, -0.1) is 0 Å². The van der Waals surface area contributed by atoms with Crippen molar-refractivity contribution in [2.45, 2.75) is 26.2 Å². The predicted octanol–water partition coefficient (Wildman–Crippen LogP) is 5.02. The van der Waals surface area contributed by atoms with Crippen molar-refractivity contribution in [3.8, 4) is 11.4 Å². The lowest BCUT2D eigenvalue weighted by molar-refractivity contribution is 0.122. The van der Waals surface area contributed by atoms with Crippen molar-refractivity contribution >= 4 is 17.3 Å². The Kier molecular flexibility index (Phi) is 5.49. The quantitative estimate of drug-likeness (QED) is 0.680. The Morgan fingerprint density at radius 2 is 1.59 bits per heavy atom. The molecule has 1 aliphatic rings. The van der Waals surface area contributed by atoms with E-state index in [9.17, 15) is 0 Å². The van der Waals surface area contributed by atoms with Crippen LogP contribution in [0, 0.1) is 0 Å². The Morgan fingerprint density at radius 3 is 2.24 bits per heavy atom. The maximum Gasteiger partial charge on any atom is 0.163 e. The van der Waals surface area contributed by atoms with Crippen molar-refractivity contribution in [2.75, 3.05) is 36.5 Å². The lowest BCUT2D eigenvalue weighted by atomic mass is 9.87. The van der Waals surface area contributed by atoms with Crippen molar-refractivity contribution in [1.29, 1.82) is 0 Å². The number of benzene rings is 2. The summed E-state index contributed by atoms with van der Waals surface area (Å²) in [4.78, 5) is 11.9. The van der Waals surface area contributed by atoms with Gasteiger partial charge in [-0.1, -0.05) is 63.2 Å². The average molecular weight is 389 g/mol. The predicted molar refractivity (Wildman–Crippen MR) is 119 cm³/mol. The Bertz CT molecular complexity index is 943. The Hall–Kier alpha value is -2.92. The molecule has 0 amide bonds. The summed E-state index contributed by atoms with van der Waals surface area (Å²) in [5.74, 6) is 2.45. The van der Waals surface area contributed by atoms with Crippen molar-refractivity contribution in [3.63, 3.8) is 0 Å². The number of morpholine rings is 1. The molecule has 1 saturated heterocycles. The van der Waals surface area contributed by atoms with E-state index in [1.807, 2.05) is 36.4 Å². The number of ether oxygens (including phenoxy) is 1. The van der Waals surface area contributed by atoms with E-state index in [1.54, 1.807) is 0 Å². The van der Waals surface area contributed by atoms with Gasteiger partial charge in [-0.3, -0.25) is 0 Å². The minimum Gasteiger partial charge on any atom is -0.378 e. The first-order chi connectivity index (χ1) is 14.0. The van der Waals surface area contributed by atoms with Gasteiger partial charge in [0, 0.05) is 30.4 Å². The highest BCUT2D eigenvalue weighted by Gasteiger charge is 2.16. The van der Waals surface area contributed by atoms with E-state index in [-0.39, 0.29) is 5.41 Å². The number of rotatable bonds is 4. The van der Waals surface area contributed by atoms with Crippen LogP contribution in [0.15, 0.2) is 60.7 Å². The Morgan fingerprint density at radius 1 is 0.897 bits per heavy atom. The Labute approximate surface area is 172 Å². The molecule has 0 atom stereocenters. The van der Waals surface area contributed by atoms with Crippen LogP contribution >= 0.6 is 0 Å². The van der Waals surface area contributed by atoms with Crippen LogP contribution in [0.25, 0.3) is 11.4 Å². The minimum absolute atomic E-state index is 0.136. The first-order valence-corrected chi connectivity index (χ1v) is 10.1. The van der Waals surface area contributed by atoms with Gasteiger partial charge in [-0.2, -0.15) is 0 Å². The molecule has 5 heteroatoms. The van der Waals surface area contributed by atoms with Crippen molar-refractivity contribution in [3.05, 3.63) is 66.2 Å². The molecule has 1 fully saturated rings. The normalized spacial score (nSPS) is 14.7. The highest BCUT2D eigenvalue weighted by molar-refractivity contribution is 5.65. The van der Waals surface area contributed by atoms with Crippen molar-refractivity contribution < 1.29 is 4.74 Å². The molecule has 1 aliphatic heterocycles. The molecule has 0 bridgehead atoms. The number of aromatic nitrogens is 2. The van der Waals surface area contributed by atoms with E-state index in [1.165, 1.54) is 5.56 Å². The van der Waals surface area contributed by atoms with Gasteiger partial charge in [-0.05, 0) is 23.1 Å². The molecule has 1 aromatic heterocycles. The van der Waals surface area contributed by atoms with E-state index in [0.717, 1.165) is 55.0 Å². The molecular formula is C24H28N4O. The molecule has 2 aromatic carbocycles. The SMILES string of the molecule is CC(C)(C)c1ccc(Nc2cc(N3CCOCC3)nc(-c3ccccc3)n2)cc1. The number of anilines is 3. The highest BCUT2D eigenvalue weighted by atomic mass is 16.5. The van der Waals surface area contributed by atoms with E-state index < -0.39 is 0 Å². The summed E-state index contributed by atoms with van der Waals surface area (Å²) in [6.07, 6.45) is 0. The van der Waals surface area contributed by atoms with E-state index in [0.29, 0.717) is 0 Å². The molecule has 0 aliphatic carbocycles. The summed E-state index contributed by atoms with van der Waals surface area (Å²) in [6.45, 7) is 9.79. The minimum atomic E-state index is 0.136. The van der Waals surface area contributed by atoms with E-state index in [2.05, 4.69) is 55.3 Å². The fraction of sp³-hybridized carbons (Fsp3) is 0.333. The van der Waals surface area contributed by atoms with Crippen LogP contribution in [0.1, 0.15) is 26.3 Å². The zero-order valence-corrected chi connectivity index (χ0v) is 17.4. The van der Waals surface area contributed by atoms with E-state index in [4.69, 9.17) is 14.7 Å². The Balaban J connectivity index is 1.66. The van der Waals surface area contributed by atoms with Crippen LogP contribution in [0.5, 0.6) is 0 Å². The summed E-state index contributed by atoms with van der Waals surface area (Å²) < 4.78 is 5.50. The van der Waals surface area contributed by atoms with Gasteiger partial charge in [0.05, 0.1) is 13.2 Å². The van der Waals surface area contributed by atoms with Gasteiger partial charge >= 0.3 is 0 Å². The summed E-state index contributed by atoms with van der Waals surface area (Å²) in [6, 6.07) is 20.7. The van der Waals surface area contributed by atoms with Gasteiger partial charge in [0.15, 0.2) is 5.82 Å². The maximum absolute atomic E-state index is 5.50. The number of nitrogens with one attached hydrogen (secondary N) is 1. The third-order valence-corrected chi connectivity index (χ3v) is 5.10. The standard InChI is InChI=1S/C24H28N4O/c1-24(2,3)19-9-11-20(12-10-19)25-21-17-22(28-13-15-29-16-14-28)27-23(26-21)18-7-5-4-6-8-18/h4-12,17H,13-16H2,1-3H3,(H,25,26,27). The van der Waals surface area contributed by atoms with Crippen LogP contribution < -0.4 is 10.2 Å². The lowest BCUT2D eigenvalue weighted by Crippen LogP contribution is -2.36. The molecule has 150 valence electrons. The van der Waals surface area contributed by atoms with E-state index >= 15 is 0 Å². The van der Waals surface area contributed by atoms with Crippen LogP contribution in [-0.4, -0.2) is 36.3 Å². The van der Waals surface area contributed by atoms with Gasteiger partial charge in [-0.25, -0.2) is 9.97 Å². The molecule has 0 spiro atoms. The number of hydrogen-bond donors (Lipinski definition) is 1. The van der Waals surface area contributed by atoms with Crippen LogP contribution in [0.3, 0.4) is 0 Å². The highest BCUT2D eigenvalue weighted by Crippen LogP contribution is 2.27. The second-order valence-corrected chi connectivity index (χ2v) is 8.35. The number of nitrogens with zero attached hydrogens (tertiary/aromatic N) is 3. The summed E-state index contributed by atoms with van der Waals surface area (Å²) in [5, 5.41) is 3.46. The molecule has 4 rings (SSSR count). The fourth-order valence-electron chi connectivity index (χ4n) is 3.37. The summed E-state index contributed by atoms with van der Waals surface area (Å²) >= 11 is 0. The fourth-order valence-corrected chi connectivity index (χ4v) is 3.37. The van der Waals surface area contributed by atoms with Gasteiger partial charge < -0.3 is 15.0 Å². The van der Waals surface area contributed by atoms with Crippen molar-refractivity contribution in [1.82, 2.24) is 9.97 Å². The molecule has 0 saturated carbocycles. The third kappa shape index (κ3) is 4.74. The maximum atomic E-state index is 5.50. The average Bonchev–Trinajstić information content (AvgIpc) is 2.74. The largest absolute Gasteiger partial charge is 0.378 e. The molecule has 1 N–H and O–H groups in total. The molecule has 0 radical (unpaired) electrons. The molecule has 3 aromatic rings. The zero-order valence-electron chi connectivity index (χ0n) is 17.4. The van der Waals surface area contributed by atoms with Crippen LogP contribution in [0.4, 0.5) is 17.3 Å². The smallest absolute Gasteiger partial charge is 0.163 e. The zero-order chi connectivity index (χ0) is 20.3. The van der Waals surface area contributed by atoms with Crippen LogP contribution in [0.2, 0.25) is 0 Å². The molecule has 5 nitrogen and oxygen atoms in total. The lowest BCUT2D eigenvalue weighted by Gasteiger charge is -2.28. The molecule has 0 unspecified atom stereocenters. The van der Waals surface area contributed by atoms with Gasteiger partial charge in [0.2, 0.25) is 0 Å². The third-order valence-electron chi connectivity index (χ3n) is 5.10. The number of hydrogen-bond acceptors (Lipinski definition) is 5. The first-order valence-electron chi connectivity index (χ1n) is 10.1. The molecule has 2 heterocycles. The van der Waals surface area contributed by atoms with Crippen molar-refractivity contribution in [2.24, 2.45) is 0 Å². The summed E-state index contributed by atoms with van der Waals surface area (Å²) in [5.41, 5.74) is 3.47. The molecular weight excluding hydrogens is 360 g/mol. The first kappa shape index (κ1) is 19.4. The van der Waals surface area contributed by atoms with Gasteiger partial charge in [0.25, 0.3) is 0 Å². The monoisotopic (exact) mass is 388 g/mol. The molecule has 29 heavy (non-hydrogen) atoms. The van der Waals surface area contributed by atoms with Gasteiger partial charge in [0.1, 0.15) is 11.6 Å².